The molecule has 2 aromatic rings. The summed E-state index contributed by atoms with van der Waals surface area (Å²) in [4.78, 5) is 27.3. The number of phenolic OH excluding ortho intramolecular Hbond substituents is 1. The van der Waals surface area contributed by atoms with Gasteiger partial charge in [-0.05, 0) is 37.0 Å². The van der Waals surface area contributed by atoms with Crippen molar-refractivity contribution in [2.75, 3.05) is 19.7 Å². The molecule has 0 aliphatic carbocycles. The molecule has 3 N–H and O–H groups in total. The van der Waals surface area contributed by atoms with E-state index in [4.69, 9.17) is 38.4 Å². The predicted molar refractivity (Wildman–Crippen MR) is 124 cm³/mol. The normalized spacial score (nSPS) is 22.2. The number of ether oxygens (including phenoxy) is 2. The van der Waals surface area contributed by atoms with E-state index in [0.717, 1.165) is 0 Å². The minimum atomic E-state index is -0.804. The van der Waals surface area contributed by atoms with Crippen LogP contribution in [-0.4, -0.2) is 53.8 Å². The summed E-state index contributed by atoms with van der Waals surface area (Å²) in [6.07, 6.45) is 0.384. The SMILES string of the molecule is N[C@@H](c1cc(Cl)c(Cl)cc1O)C1CCN(C(=O)C2OCCC2OC(=O)c2ccccc2)CC1. The largest absolute Gasteiger partial charge is 0.508 e. The van der Waals surface area contributed by atoms with Gasteiger partial charge in [0.25, 0.3) is 5.91 Å². The second-order valence-electron chi connectivity index (χ2n) is 8.40. The Balaban J connectivity index is 1.35. The maximum absolute atomic E-state index is 13.1. The van der Waals surface area contributed by atoms with Crippen molar-refractivity contribution in [3.8, 4) is 5.75 Å². The molecule has 9 heteroatoms. The Labute approximate surface area is 202 Å². The van der Waals surface area contributed by atoms with Crippen molar-refractivity contribution in [2.45, 2.75) is 37.5 Å². The topological polar surface area (TPSA) is 102 Å². The van der Waals surface area contributed by atoms with Crippen LogP contribution in [0, 0.1) is 5.92 Å². The molecule has 2 heterocycles. The van der Waals surface area contributed by atoms with Gasteiger partial charge in [-0.2, -0.15) is 0 Å². The summed E-state index contributed by atoms with van der Waals surface area (Å²) >= 11 is 12.0. The molecule has 0 spiro atoms. The van der Waals surface area contributed by atoms with E-state index >= 15 is 0 Å². The number of nitrogens with zero attached hydrogens (tertiary/aromatic N) is 1. The molecular weight excluding hydrogens is 467 g/mol. The molecule has 2 fully saturated rings. The first-order chi connectivity index (χ1) is 15.8. The summed E-state index contributed by atoms with van der Waals surface area (Å²) in [6, 6.07) is 11.3. The lowest BCUT2D eigenvalue weighted by atomic mass is 9.85. The van der Waals surface area contributed by atoms with Gasteiger partial charge in [0.2, 0.25) is 0 Å². The highest BCUT2D eigenvalue weighted by molar-refractivity contribution is 6.42. The summed E-state index contributed by atoms with van der Waals surface area (Å²) < 4.78 is 11.2. The van der Waals surface area contributed by atoms with Gasteiger partial charge in [-0.3, -0.25) is 4.79 Å². The number of amides is 1. The lowest BCUT2D eigenvalue weighted by Crippen LogP contribution is -2.48. The van der Waals surface area contributed by atoms with E-state index in [2.05, 4.69) is 0 Å². The molecule has 7 nitrogen and oxygen atoms in total. The van der Waals surface area contributed by atoms with E-state index < -0.39 is 24.2 Å². The van der Waals surface area contributed by atoms with Crippen molar-refractivity contribution in [1.82, 2.24) is 4.90 Å². The van der Waals surface area contributed by atoms with Gasteiger partial charge in [-0.15, -0.1) is 0 Å². The Kier molecular flexibility index (Phi) is 7.44. The third-order valence-electron chi connectivity index (χ3n) is 6.34. The highest BCUT2D eigenvalue weighted by atomic mass is 35.5. The number of halogens is 2. The highest BCUT2D eigenvalue weighted by Crippen LogP contribution is 2.38. The van der Waals surface area contributed by atoms with Crippen LogP contribution >= 0.6 is 23.2 Å². The number of piperidine rings is 1. The third-order valence-corrected chi connectivity index (χ3v) is 7.06. The Morgan fingerprint density at radius 1 is 1.09 bits per heavy atom. The van der Waals surface area contributed by atoms with Crippen LogP contribution in [0.2, 0.25) is 10.0 Å². The van der Waals surface area contributed by atoms with E-state index in [-0.39, 0.29) is 22.6 Å². The van der Waals surface area contributed by atoms with E-state index in [0.29, 0.717) is 55.1 Å². The van der Waals surface area contributed by atoms with Crippen molar-refractivity contribution in [2.24, 2.45) is 11.7 Å². The summed E-state index contributed by atoms with van der Waals surface area (Å²) in [5, 5.41) is 10.8. The molecular formula is C24H26Cl2N2O5. The van der Waals surface area contributed by atoms with Crippen LogP contribution < -0.4 is 5.73 Å². The van der Waals surface area contributed by atoms with Crippen LogP contribution in [0.25, 0.3) is 0 Å². The zero-order valence-corrected chi connectivity index (χ0v) is 19.5. The van der Waals surface area contributed by atoms with E-state index in [1.54, 1.807) is 35.2 Å². The zero-order chi connectivity index (χ0) is 23.5. The van der Waals surface area contributed by atoms with Crippen LogP contribution in [0.1, 0.15) is 41.2 Å². The van der Waals surface area contributed by atoms with Gasteiger partial charge in [0.05, 0.1) is 22.2 Å². The van der Waals surface area contributed by atoms with Crippen molar-refractivity contribution in [3.05, 3.63) is 63.6 Å². The van der Waals surface area contributed by atoms with Gasteiger partial charge in [-0.1, -0.05) is 41.4 Å². The third kappa shape index (κ3) is 5.27. The molecule has 176 valence electrons. The number of rotatable bonds is 5. The number of esters is 1. The predicted octanol–water partition coefficient (Wildman–Crippen LogP) is 3.95. The molecule has 4 rings (SSSR count). The van der Waals surface area contributed by atoms with Crippen LogP contribution in [0.4, 0.5) is 0 Å². The number of hydrogen-bond acceptors (Lipinski definition) is 6. The van der Waals surface area contributed by atoms with Crippen LogP contribution in [-0.2, 0) is 14.3 Å². The quantitative estimate of drug-likeness (QED) is 0.612. The first-order valence-electron chi connectivity index (χ1n) is 10.9. The first-order valence-corrected chi connectivity index (χ1v) is 11.7. The maximum atomic E-state index is 13.1. The fourth-order valence-corrected chi connectivity index (χ4v) is 4.76. The van der Waals surface area contributed by atoms with Crippen molar-refractivity contribution in [1.29, 1.82) is 0 Å². The number of nitrogens with two attached hydrogens (primary N) is 1. The Hall–Kier alpha value is -2.32. The van der Waals surface area contributed by atoms with Crippen LogP contribution in [0.15, 0.2) is 42.5 Å². The van der Waals surface area contributed by atoms with Gasteiger partial charge in [0.15, 0.2) is 6.10 Å². The molecule has 2 saturated heterocycles. The summed E-state index contributed by atoms with van der Waals surface area (Å²) in [7, 11) is 0. The number of aromatic hydroxyl groups is 1. The van der Waals surface area contributed by atoms with Gasteiger partial charge in [0.1, 0.15) is 11.9 Å². The molecule has 0 radical (unpaired) electrons. The van der Waals surface area contributed by atoms with E-state index in [1.807, 2.05) is 6.07 Å². The van der Waals surface area contributed by atoms with Crippen molar-refractivity contribution in [3.63, 3.8) is 0 Å². The fourth-order valence-electron chi connectivity index (χ4n) is 4.43. The lowest BCUT2D eigenvalue weighted by molar-refractivity contribution is -0.146. The molecule has 1 amide bonds. The first kappa shape index (κ1) is 23.8. The zero-order valence-electron chi connectivity index (χ0n) is 18.0. The van der Waals surface area contributed by atoms with Gasteiger partial charge in [-0.25, -0.2) is 4.79 Å². The number of carbonyl (C=O) groups excluding carboxylic acids is 2. The lowest BCUT2D eigenvalue weighted by Gasteiger charge is -2.36. The molecule has 2 aliphatic heterocycles. The van der Waals surface area contributed by atoms with Gasteiger partial charge >= 0.3 is 5.97 Å². The van der Waals surface area contributed by atoms with Crippen molar-refractivity contribution >= 4 is 35.1 Å². The standard InChI is InChI=1S/C24H26Cl2N2O5/c25-17-12-16(19(29)13-18(17)26)21(27)14-6-9-28(10-7-14)23(30)22-20(8-11-32-22)33-24(31)15-4-2-1-3-5-15/h1-5,12-14,20-22,29H,6-11,27H2/t20?,21-,22?/m1/s1. The highest BCUT2D eigenvalue weighted by Gasteiger charge is 2.41. The number of phenols is 1. The van der Waals surface area contributed by atoms with Gasteiger partial charge in [0, 0.05) is 37.2 Å². The number of likely N-dealkylation sites (tertiary alicyclic amines) is 1. The molecule has 2 aliphatic rings. The molecule has 0 bridgehead atoms. The second-order valence-corrected chi connectivity index (χ2v) is 9.22. The average Bonchev–Trinajstić information content (AvgIpc) is 3.29. The second kappa shape index (κ2) is 10.3. The molecule has 0 saturated carbocycles. The van der Waals surface area contributed by atoms with Gasteiger partial charge < -0.3 is 25.2 Å². The summed E-state index contributed by atoms with van der Waals surface area (Å²) in [5.41, 5.74) is 7.40. The Morgan fingerprint density at radius 3 is 2.45 bits per heavy atom. The summed E-state index contributed by atoms with van der Waals surface area (Å²) in [5.74, 6) is -0.566. The Morgan fingerprint density at radius 2 is 1.76 bits per heavy atom. The van der Waals surface area contributed by atoms with E-state index in [9.17, 15) is 14.7 Å². The molecule has 33 heavy (non-hydrogen) atoms. The minimum Gasteiger partial charge on any atom is -0.508 e. The smallest absolute Gasteiger partial charge is 0.338 e. The van der Waals surface area contributed by atoms with E-state index in [1.165, 1.54) is 6.07 Å². The number of carbonyl (C=O) groups is 2. The molecule has 0 aromatic heterocycles. The van der Waals surface area contributed by atoms with Crippen molar-refractivity contribution < 1.29 is 24.2 Å². The summed E-state index contributed by atoms with van der Waals surface area (Å²) in [6.45, 7) is 1.36. The number of hydrogen-bond donors (Lipinski definition) is 2. The fraction of sp³-hybridized carbons (Fsp3) is 0.417. The van der Waals surface area contributed by atoms with Crippen LogP contribution in [0.3, 0.4) is 0 Å². The molecule has 2 unspecified atom stereocenters. The average molecular weight is 493 g/mol. The monoisotopic (exact) mass is 492 g/mol. The maximum Gasteiger partial charge on any atom is 0.338 e. The molecule has 2 aromatic carbocycles. The number of benzene rings is 2. The molecule has 3 atom stereocenters. The minimum absolute atomic E-state index is 0.0119. The Bertz CT molecular complexity index is 1010. The van der Waals surface area contributed by atoms with Crippen LogP contribution in [0.5, 0.6) is 5.75 Å².